The van der Waals surface area contributed by atoms with Crippen LogP contribution in [0.3, 0.4) is 0 Å². The third kappa shape index (κ3) is 3.16. The standard InChI is InChI=1S/C12H24N2O/c13-6-5-11-1-3-12(4-2-11)14-7-9-15-10-8-14/h11-12H,1-10,13H2. The summed E-state index contributed by atoms with van der Waals surface area (Å²) in [6.07, 6.45) is 6.77. The first-order valence-electron chi connectivity index (χ1n) is 6.42. The van der Waals surface area contributed by atoms with Crippen LogP contribution in [-0.2, 0) is 4.74 Å². The fraction of sp³-hybridized carbons (Fsp3) is 1.00. The molecule has 2 fully saturated rings. The van der Waals surface area contributed by atoms with Gasteiger partial charge < -0.3 is 10.5 Å². The highest BCUT2D eigenvalue weighted by molar-refractivity contribution is 4.80. The minimum Gasteiger partial charge on any atom is -0.379 e. The van der Waals surface area contributed by atoms with Gasteiger partial charge in [-0.25, -0.2) is 0 Å². The maximum atomic E-state index is 5.61. The number of rotatable bonds is 3. The third-order valence-corrected chi connectivity index (χ3v) is 3.95. The highest BCUT2D eigenvalue weighted by Gasteiger charge is 2.26. The molecule has 0 aromatic heterocycles. The Labute approximate surface area is 93.0 Å². The lowest BCUT2D eigenvalue weighted by molar-refractivity contribution is 0.00474. The Morgan fingerprint density at radius 3 is 2.33 bits per heavy atom. The molecule has 2 N–H and O–H groups in total. The van der Waals surface area contributed by atoms with E-state index in [0.29, 0.717) is 0 Å². The zero-order valence-corrected chi connectivity index (χ0v) is 9.66. The molecule has 0 unspecified atom stereocenters. The van der Waals surface area contributed by atoms with E-state index in [1.54, 1.807) is 0 Å². The summed E-state index contributed by atoms with van der Waals surface area (Å²) in [7, 11) is 0. The highest BCUT2D eigenvalue weighted by atomic mass is 16.5. The van der Waals surface area contributed by atoms with Crippen LogP contribution in [0.25, 0.3) is 0 Å². The van der Waals surface area contributed by atoms with Crippen LogP contribution >= 0.6 is 0 Å². The maximum Gasteiger partial charge on any atom is 0.0594 e. The van der Waals surface area contributed by atoms with Crippen LogP contribution in [0.1, 0.15) is 32.1 Å². The fourth-order valence-corrected chi connectivity index (χ4v) is 2.98. The quantitative estimate of drug-likeness (QED) is 0.764. The average molecular weight is 212 g/mol. The van der Waals surface area contributed by atoms with E-state index in [9.17, 15) is 0 Å². The van der Waals surface area contributed by atoms with Crippen molar-refractivity contribution in [2.45, 2.75) is 38.1 Å². The molecule has 88 valence electrons. The van der Waals surface area contributed by atoms with Gasteiger partial charge in [-0.1, -0.05) is 0 Å². The number of nitrogens with two attached hydrogens (primary N) is 1. The number of ether oxygens (including phenoxy) is 1. The van der Waals surface area contributed by atoms with Crippen LogP contribution in [-0.4, -0.2) is 43.8 Å². The van der Waals surface area contributed by atoms with E-state index < -0.39 is 0 Å². The molecular formula is C12H24N2O. The Bertz CT molecular complexity index is 172. The van der Waals surface area contributed by atoms with E-state index in [-0.39, 0.29) is 0 Å². The Morgan fingerprint density at radius 2 is 1.73 bits per heavy atom. The fourth-order valence-electron chi connectivity index (χ4n) is 2.98. The Balaban J connectivity index is 1.72. The van der Waals surface area contributed by atoms with E-state index in [1.165, 1.54) is 32.1 Å². The Morgan fingerprint density at radius 1 is 1.07 bits per heavy atom. The molecular weight excluding hydrogens is 188 g/mol. The minimum atomic E-state index is 0.836. The van der Waals surface area contributed by atoms with Gasteiger partial charge in [0.2, 0.25) is 0 Å². The molecule has 2 aliphatic rings. The van der Waals surface area contributed by atoms with Crippen LogP contribution in [0.4, 0.5) is 0 Å². The lowest BCUT2D eigenvalue weighted by Crippen LogP contribution is -2.45. The molecule has 1 heterocycles. The number of morpholine rings is 1. The number of hydrogen-bond donors (Lipinski definition) is 1. The van der Waals surface area contributed by atoms with Gasteiger partial charge in [-0.05, 0) is 44.6 Å². The first-order valence-corrected chi connectivity index (χ1v) is 6.42. The summed E-state index contributed by atoms with van der Waals surface area (Å²) in [5.74, 6) is 0.910. The van der Waals surface area contributed by atoms with E-state index in [4.69, 9.17) is 10.5 Å². The van der Waals surface area contributed by atoms with Gasteiger partial charge in [-0.2, -0.15) is 0 Å². The van der Waals surface area contributed by atoms with Gasteiger partial charge in [0.15, 0.2) is 0 Å². The van der Waals surface area contributed by atoms with Crippen molar-refractivity contribution in [3.8, 4) is 0 Å². The second kappa shape index (κ2) is 5.83. The summed E-state index contributed by atoms with van der Waals surface area (Å²) in [6.45, 7) is 5.02. The summed E-state index contributed by atoms with van der Waals surface area (Å²) in [5, 5.41) is 0. The van der Waals surface area contributed by atoms with E-state index >= 15 is 0 Å². The third-order valence-electron chi connectivity index (χ3n) is 3.95. The van der Waals surface area contributed by atoms with E-state index in [0.717, 1.165) is 44.8 Å². The molecule has 15 heavy (non-hydrogen) atoms. The molecule has 1 saturated carbocycles. The van der Waals surface area contributed by atoms with Crippen LogP contribution in [0, 0.1) is 5.92 Å². The van der Waals surface area contributed by atoms with Gasteiger partial charge >= 0.3 is 0 Å². The summed E-state index contributed by atoms with van der Waals surface area (Å²) in [5.41, 5.74) is 5.61. The molecule has 1 saturated heterocycles. The molecule has 0 amide bonds. The van der Waals surface area contributed by atoms with Gasteiger partial charge in [0, 0.05) is 19.1 Å². The normalized spacial score (nSPS) is 34.2. The van der Waals surface area contributed by atoms with Gasteiger partial charge in [0.25, 0.3) is 0 Å². The maximum absolute atomic E-state index is 5.61. The van der Waals surface area contributed by atoms with Crippen molar-refractivity contribution < 1.29 is 4.74 Å². The molecule has 2 rings (SSSR count). The zero-order chi connectivity index (χ0) is 10.5. The van der Waals surface area contributed by atoms with E-state index in [2.05, 4.69) is 4.90 Å². The molecule has 1 aliphatic carbocycles. The minimum absolute atomic E-state index is 0.836. The SMILES string of the molecule is NCCC1CCC(N2CCOCC2)CC1. The van der Waals surface area contributed by atoms with Gasteiger partial charge in [0.05, 0.1) is 13.2 Å². The summed E-state index contributed by atoms with van der Waals surface area (Å²) < 4.78 is 5.39. The van der Waals surface area contributed by atoms with Crippen molar-refractivity contribution in [3.05, 3.63) is 0 Å². The molecule has 1 aliphatic heterocycles. The summed E-state index contributed by atoms with van der Waals surface area (Å²) in [6, 6.07) is 0.836. The average Bonchev–Trinajstić information content (AvgIpc) is 2.32. The van der Waals surface area contributed by atoms with Crippen molar-refractivity contribution >= 4 is 0 Å². The van der Waals surface area contributed by atoms with Gasteiger partial charge in [-0.3, -0.25) is 4.90 Å². The first kappa shape index (κ1) is 11.4. The van der Waals surface area contributed by atoms with Crippen LogP contribution in [0.15, 0.2) is 0 Å². The molecule has 0 atom stereocenters. The second-order valence-electron chi connectivity index (χ2n) is 4.90. The number of hydrogen-bond acceptors (Lipinski definition) is 3. The Kier molecular flexibility index (Phi) is 4.42. The second-order valence-corrected chi connectivity index (χ2v) is 4.90. The summed E-state index contributed by atoms with van der Waals surface area (Å²) in [4.78, 5) is 2.63. The molecule has 0 radical (unpaired) electrons. The molecule has 0 spiro atoms. The largest absolute Gasteiger partial charge is 0.379 e. The lowest BCUT2D eigenvalue weighted by Gasteiger charge is -2.38. The van der Waals surface area contributed by atoms with Crippen LogP contribution < -0.4 is 5.73 Å². The first-order chi connectivity index (χ1) is 7.40. The number of nitrogens with zero attached hydrogens (tertiary/aromatic N) is 1. The smallest absolute Gasteiger partial charge is 0.0594 e. The molecule has 3 heteroatoms. The van der Waals surface area contributed by atoms with Crippen molar-refractivity contribution in [1.82, 2.24) is 4.90 Å². The van der Waals surface area contributed by atoms with Crippen molar-refractivity contribution in [2.24, 2.45) is 11.7 Å². The molecule has 0 aromatic carbocycles. The molecule has 0 bridgehead atoms. The van der Waals surface area contributed by atoms with Crippen LogP contribution in [0.2, 0.25) is 0 Å². The van der Waals surface area contributed by atoms with Gasteiger partial charge in [0.1, 0.15) is 0 Å². The topological polar surface area (TPSA) is 38.5 Å². The predicted molar refractivity (Wildman–Crippen MR) is 61.8 cm³/mol. The zero-order valence-electron chi connectivity index (χ0n) is 9.66. The van der Waals surface area contributed by atoms with Crippen LogP contribution in [0.5, 0.6) is 0 Å². The highest BCUT2D eigenvalue weighted by Crippen LogP contribution is 2.29. The molecule has 3 nitrogen and oxygen atoms in total. The lowest BCUT2D eigenvalue weighted by atomic mass is 9.83. The molecule has 0 aromatic rings. The summed E-state index contributed by atoms with van der Waals surface area (Å²) >= 11 is 0. The van der Waals surface area contributed by atoms with Crippen molar-refractivity contribution in [3.63, 3.8) is 0 Å². The van der Waals surface area contributed by atoms with E-state index in [1.807, 2.05) is 0 Å². The predicted octanol–water partition coefficient (Wildman–Crippen LogP) is 1.23. The van der Waals surface area contributed by atoms with Gasteiger partial charge in [-0.15, -0.1) is 0 Å². The van der Waals surface area contributed by atoms with Crippen molar-refractivity contribution in [2.75, 3.05) is 32.8 Å². The monoisotopic (exact) mass is 212 g/mol. The van der Waals surface area contributed by atoms with Crippen molar-refractivity contribution in [1.29, 1.82) is 0 Å². The Hall–Kier alpha value is -0.120.